The molecular formula is C13H8BrN. The van der Waals surface area contributed by atoms with Gasteiger partial charge in [-0.05, 0) is 17.7 Å². The van der Waals surface area contributed by atoms with Gasteiger partial charge in [-0.25, -0.2) is 0 Å². The van der Waals surface area contributed by atoms with E-state index in [4.69, 9.17) is 5.41 Å². The second kappa shape index (κ2) is 3.08. The van der Waals surface area contributed by atoms with Gasteiger partial charge in [-0.15, -0.1) is 0 Å². The van der Waals surface area contributed by atoms with Crippen LogP contribution in [0, 0.1) is 23.5 Å². The quantitative estimate of drug-likeness (QED) is 0.738. The van der Waals surface area contributed by atoms with Crippen molar-refractivity contribution in [3.8, 4) is 0 Å². The van der Waals surface area contributed by atoms with Gasteiger partial charge in [-0.3, -0.25) is 0 Å². The molecule has 15 heavy (non-hydrogen) atoms. The van der Waals surface area contributed by atoms with Crippen LogP contribution in [0.2, 0.25) is 0 Å². The highest BCUT2D eigenvalue weighted by molar-refractivity contribution is 9.11. The topological polar surface area (TPSA) is 23.9 Å². The molecule has 2 aliphatic carbocycles. The lowest BCUT2D eigenvalue weighted by atomic mass is 9.88. The molecule has 2 aliphatic rings. The van der Waals surface area contributed by atoms with Crippen LogP contribution in [0.25, 0.3) is 0 Å². The van der Waals surface area contributed by atoms with E-state index in [9.17, 15) is 0 Å². The van der Waals surface area contributed by atoms with Gasteiger partial charge in [-0.2, -0.15) is 0 Å². The van der Waals surface area contributed by atoms with Crippen LogP contribution in [0.5, 0.6) is 0 Å². The Morgan fingerprint density at radius 3 is 3.07 bits per heavy atom. The Labute approximate surface area is 97.1 Å². The predicted octanol–water partition coefficient (Wildman–Crippen LogP) is 3.22. The fraction of sp³-hybridized carbons (Fsp3) is 0.154. The van der Waals surface area contributed by atoms with Crippen LogP contribution in [0.4, 0.5) is 0 Å². The van der Waals surface area contributed by atoms with Gasteiger partial charge < -0.3 is 5.41 Å². The maximum Gasteiger partial charge on any atom is 0.0551 e. The molecule has 3 rings (SSSR count). The molecule has 0 saturated heterocycles. The third-order valence-electron chi connectivity index (χ3n) is 2.98. The summed E-state index contributed by atoms with van der Waals surface area (Å²) in [5.74, 6) is 0.492. The highest BCUT2D eigenvalue weighted by Crippen LogP contribution is 2.42. The Balaban J connectivity index is 2.18. The van der Waals surface area contributed by atoms with Gasteiger partial charge in [0.1, 0.15) is 0 Å². The highest BCUT2D eigenvalue weighted by Gasteiger charge is 2.35. The summed E-state index contributed by atoms with van der Waals surface area (Å²) >= 11 is 3.46. The first-order chi connectivity index (χ1) is 7.27. The first-order valence-corrected chi connectivity index (χ1v) is 5.63. The van der Waals surface area contributed by atoms with Gasteiger partial charge in [-0.1, -0.05) is 46.3 Å². The first-order valence-electron chi connectivity index (χ1n) is 4.84. The molecule has 0 aromatic heterocycles. The summed E-state index contributed by atoms with van der Waals surface area (Å²) < 4.78 is 1.06. The van der Waals surface area contributed by atoms with Crippen molar-refractivity contribution >= 4 is 21.6 Å². The monoisotopic (exact) mass is 257 g/mol. The van der Waals surface area contributed by atoms with Crippen LogP contribution in [0.15, 0.2) is 34.8 Å². The third kappa shape index (κ3) is 1.20. The van der Waals surface area contributed by atoms with E-state index in [1.54, 1.807) is 0 Å². The molecule has 0 radical (unpaired) electrons. The number of hydrogen-bond donors (Lipinski definition) is 1. The SMILES string of the molecule is N=C1c2c#cccc2[C@@H]2C=CC(Br)=CC12. The molecule has 0 fully saturated rings. The standard InChI is InChI=1S/C13H8BrN/c14-8-5-6-10-9-3-1-2-4-11(9)13(15)12(10)7-8/h1,3,5-7,10,12,15H/t10-,12?/m0/s1. The van der Waals surface area contributed by atoms with Crippen molar-refractivity contribution in [2.45, 2.75) is 5.92 Å². The molecule has 1 N–H and O–H groups in total. The average Bonchev–Trinajstić information content (AvgIpc) is 2.54. The zero-order chi connectivity index (χ0) is 10.4. The summed E-state index contributed by atoms with van der Waals surface area (Å²) in [5, 5.41) is 8.09. The minimum absolute atomic E-state index is 0.173. The molecule has 0 heterocycles. The van der Waals surface area contributed by atoms with Gasteiger partial charge in [0.15, 0.2) is 0 Å². The van der Waals surface area contributed by atoms with Gasteiger partial charge in [0, 0.05) is 16.3 Å². The molecule has 0 saturated carbocycles. The molecule has 2 atom stereocenters. The zero-order valence-corrected chi connectivity index (χ0v) is 9.51. The molecule has 0 bridgehead atoms. The van der Waals surface area contributed by atoms with E-state index < -0.39 is 0 Å². The van der Waals surface area contributed by atoms with Crippen molar-refractivity contribution < 1.29 is 0 Å². The highest BCUT2D eigenvalue weighted by atomic mass is 79.9. The largest absolute Gasteiger partial charge is 0.303 e. The van der Waals surface area contributed by atoms with E-state index in [2.05, 4.69) is 46.3 Å². The fourth-order valence-electron chi connectivity index (χ4n) is 2.27. The zero-order valence-electron chi connectivity index (χ0n) is 7.92. The Kier molecular flexibility index (Phi) is 1.83. The number of allylic oxidation sites excluding steroid dienone is 4. The van der Waals surface area contributed by atoms with E-state index in [1.807, 2.05) is 12.1 Å². The maximum absolute atomic E-state index is 8.09. The summed E-state index contributed by atoms with van der Waals surface area (Å²) in [6.07, 6.45) is 6.31. The molecule has 0 amide bonds. The summed E-state index contributed by atoms with van der Waals surface area (Å²) in [6.45, 7) is 0. The number of fused-ring (bicyclic) bond motifs is 3. The van der Waals surface area contributed by atoms with Crippen LogP contribution >= 0.6 is 15.9 Å². The van der Waals surface area contributed by atoms with Crippen LogP contribution in [-0.4, -0.2) is 5.71 Å². The lowest BCUT2D eigenvalue weighted by Crippen LogP contribution is -2.11. The van der Waals surface area contributed by atoms with Crippen LogP contribution < -0.4 is 0 Å². The molecule has 1 aromatic rings. The molecule has 1 aromatic carbocycles. The van der Waals surface area contributed by atoms with Crippen molar-refractivity contribution in [3.05, 3.63) is 58.1 Å². The first kappa shape index (κ1) is 8.94. The molecule has 0 spiro atoms. The van der Waals surface area contributed by atoms with E-state index in [-0.39, 0.29) is 5.92 Å². The number of halogens is 1. The lowest BCUT2D eigenvalue weighted by Gasteiger charge is -2.16. The van der Waals surface area contributed by atoms with E-state index in [0.29, 0.717) is 11.6 Å². The van der Waals surface area contributed by atoms with E-state index in [0.717, 1.165) is 10.0 Å². The van der Waals surface area contributed by atoms with Crippen molar-refractivity contribution in [2.24, 2.45) is 5.92 Å². The van der Waals surface area contributed by atoms with Gasteiger partial charge >= 0.3 is 0 Å². The van der Waals surface area contributed by atoms with Gasteiger partial charge in [0.2, 0.25) is 0 Å². The lowest BCUT2D eigenvalue weighted by molar-refractivity contribution is 0.763. The summed E-state index contributed by atoms with van der Waals surface area (Å²) in [7, 11) is 0. The van der Waals surface area contributed by atoms with Crippen molar-refractivity contribution in [1.82, 2.24) is 0 Å². The Hall–Kier alpha value is -1.33. The average molecular weight is 258 g/mol. The Morgan fingerprint density at radius 1 is 1.33 bits per heavy atom. The third-order valence-corrected chi connectivity index (χ3v) is 3.51. The van der Waals surface area contributed by atoms with Crippen molar-refractivity contribution in [3.63, 3.8) is 0 Å². The number of rotatable bonds is 0. The molecule has 2 heteroatoms. The number of nitrogens with one attached hydrogen (secondary N) is 1. The normalized spacial score (nSPS) is 26.7. The Bertz CT molecular complexity index is 499. The molecule has 0 aliphatic heterocycles. The minimum Gasteiger partial charge on any atom is -0.303 e. The molecule has 1 unspecified atom stereocenters. The van der Waals surface area contributed by atoms with Crippen molar-refractivity contribution in [2.75, 3.05) is 0 Å². The van der Waals surface area contributed by atoms with Crippen molar-refractivity contribution in [1.29, 1.82) is 5.41 Å². The van der Waals surface area contributed by atoms with E-state index >= 15 is 0 Å². The second-order valence-corrected chi connectivity index (χ2v) is 4.72. The maximum atomic E-state index is 8.09. The minimum atomic E-state index is 0.173. The number of hydrogen-bond acceptors (Lipinski definition) is 1. The van der Waals surface area contributed by atoms with Gasteiger partial charge in [0.25, 0.3) is 0 Å². The summed E-state index contributed by atoms with van der Waals surface area (Å²) in [5.41, 5.74) is 2.79. The fourth-order valence-corrected chi connectivity index (χ4v) is 2.71. The second-order valence-electron chi connectivity index (χ2n) is 3.81. The van der Waals surface area contributed by atoms with Crippen LogP contribution in [0.3, 0.4) is 0 Å². The molecule has 1 nitrogen and oxygen atoms in total. The summed E-state index contributed by atoms with van der Waals surface area (Å²) in [4.78, 5) is 0. The van der Waals surface area contributed by atoms with E-state index in [1.165, 1.54) is 5.56 Å². The van der Waals surface area contributed by atoms with Crippen LogP contribution in [-0.2, 0) is 0 Å². The molecule has 72 valence electrons. The van der Waals surface area contributed by atoms with Gasteiger partial charge in [0.05, 0.1) is 11.3 Å². The smallest absolute Gasteiger partial charge is 0.0551 e. The predicted molar refractivity (Wildman–Crippen MR) is 63.3 cm³/mol. The van der Waals surface area contributed by atoms with Crippen LogP contribution in [0.1, 0.15) is 17.0 Å². The summed E-state index contributed by atoms with van der Waals surface area (Å²) in [6, 6.07) is 9.88. The Morgan fingerprint density at radius 2 is 2.20 bits per heavy atom. The molecular weight excluding hydrogens is 250 g/mol.